The monoisotopic (exact) mass is 365 g/mol. The highest BCUT2D eigenvalue weighted by Crippen LogP contribution is 2.27. The maximum atomic E-state index is 13.5. The van der Waals surface area contributed by atoms with E-state index in [0.29, 0.717) is 0 Å². The third kappa shape index (κ3) is 2.95. The summed E-state index contributed by atoms with van der Waals surface area (Å²) in [7, 11) is 0. The zero-order valence-corrected chi connectivity index (χ0v) is 15.0. The Hall–Kier alpha value is -3.79. The van der Waals surface area contributed by atoms with Crippen LogP contribution in [-0.4, -0.2) is 14.4 Å². The molecule has 5 aromatic rings. The normalized spacial score (nSPS) is 11.0. The lowest BCUT2D eigenvalue weighted by atomic mass is 10.1. The van der Waals surface area contributed by atoms with Crippen LogP contribution < -0.4 is 0 Å². The Labute approximate surface area is 161 Å². The van der Waals surface area contributed by atoms with Gasteiger partial charge in [0, 0.05) is 23.5 Å². The van der Waals surface area contributed by atoms with Gasteiger partial charge in [0.2, 0.25) is 0 Å². The Bertz CT molecular complexity index is 1280. The molecule has 2 aromatic carbocycles. The van der Waals surface area contributed by atoms with Crippen LogP contribution in [0.15, 0.2) is 97.5 Å². The van der Waals surface area contributed by atoms with E-state index in [-0.39, 0.29) is 5.82 Å². The van der Waals surface area contributed by atoms with Crippen molar-refractivity contribution in [2.24, 2.45) is 0 Å². The van der Waals surface area contributed by atoms with Gasteiger partial charge in [-0.1, -0.05) is 42.5 Å². The first kappa shape index (κ1) is 16.4. The van der Waals surface area contributed by atoms with Crippen LogP contribution in [-0.2, 0) is 0 Å². The Balaban J connectivity index is 1.57. The molecule has 5 rings (SSSR count). The quantitative estimate of drug-likeness (QED) is 0.400. The van der Waals surface area contributed by atoms with Gasteiger partial charge >= 0.3 is 0 Å². The molecule has 0 aliphatic heterocycles. The number of benzene rings is 2. The molecule has 3 heterocycles. The fourth-order valence-electron chi connectivity index (χ4n) is 3.40. The van der Waals surface area contributed by atoms with E-state index >= 15 is 0 Å². The largest absolute Gasteiger partial charge is 0.300 e. The van der Waals surface area contributed by atoms with Crippen molar-refractivity contribution in [2.45, 2.75) is 0 Å². The lowest BCUT2D eigenvalue weighted by molar-refractivity contribution is 0.628. The third-order valence-corrected chi connectivity index (χ3v) is 4.80. The number of halogens is 1. The molecule has 0 N–H and O–H groups in total. The van der Waals surface area contributed by atoms with Crippen molar-refractivity contribution in [3.05, 3.63) is 103 Å². The van der Waals surface area contributed by atoms with Crippen LogP contribution in [0.5, 0.6) is 0 Å². The first-order valence-electron chi connectivity index (χ1n) is 9.03. The minimum Gasteiger partial charge on any atom is -0.300 e. The van der Waals surface area contributed by atoms with E-state index in [2.05, 4.69) is 16.0 Å². The zero-order valence-electron chi connectivity index (χ0n) is 15.0. The van der Waals surface area contributed by atoms with Crippen LogP contribution in [0, 0.1) is 5.82 Å². The molecular weight excluding hydrogens is 349 g/mol. The van der Waals surface area contributed by atoms with Gasteiger partial charge in [-0.3, -0.25) is 9.38 Å². The Morgan fingerprint density at radius 3 is 2.36 bits per heavy atom. The van der Waals surface area contributed by atoms with E-state index < -0.39 is 0 Å². The van der Waals surface area contributed by atoms with Crippen molar-refractivity contribution < 1.29 is 4.39 Å². The van der Waals surface area contributed by atoms with Gasteiger partial charge in [-0.2, -0.15) is 0 Å². The van der Waals surface area contributed by atoms with Crippen molar-refractivity contribution in [3.63, 3.8) is 0 Å². The molecule has 134 valence electrons. The third-order valence-electron chi connectivity index (χ3n) is 4.80. The summed E-state index contributed by atoms with van der Waals surface area (Å²) in [6.45, 7) is 0. The maximum Gasteiger partial charge on any atom is 0.137 e. The van der Waals surface area contributed by atoms with Gasteiger partial charge in [0.05, 0.1) is 17.6 Å². The van der Waals surface area contributed by atoms with E-state index in [4.69, 9.17) is 0 Å². The van der Waals surface area contributed by atoms with Crippen LogP contribution in [0.2, 0.25) is 0 Å². The van der Waals surface area contributed by atoms with Crippen LogP contribution >= 0.6 is 0 Å². The highest BCUT2D eigenvalue weighted by Gasteiger charge is 2.09. The average Bonchev–Trinajstić information content (AvgIpc) is 3.18. The first-order valence-corrected chi connectivity index (χ1v) is 9.03. The molecule has 0 radical (unpaired) electrons. The molecule has 0 saturated carbocycles. The lowest BCUT2D eigenvalue weighted by Crippen LogP contribution is -1.91. The fourth-order valence-corrected chi connectivity index (χ4v) is 3.40. The van der Waals surface area contributed by atoms with Gasteiger partial charge < -0.3 is 0 Å². The SMILES string of the molecule is Fc1cccc(-c2ccn3c(-c4ccnc(-c5ccccc5)c4)cnc3c2)c1. The lowest BCUT2D eigenvalue weighted by Gasteiger charge is -2.07. The van der Waals surface area contributed by atoms with Gasteiger partial charge in [-0.15, -0.1) is 0 Å². The van der Waals surface area contributed by atoms with E-state index in [1.807, 2.05) is 77.6 Å². The number of pyridine rings is 2. The minimum absolute atomic E-state index is 0.244. The van der Waals surface area contributed by atoms with Crippen molar-refractivity contribution in [2.75, 3.05) is 0 Å². The molecule has 28 heavy (non-hydrogen) atoms. The zero-order chi connectivity index (χ0) is 18.9. The molecule has 0 aliphatic carbocycles. The molecule has 0 bridgehead atoms. The molecule has 0 atom stereocenters. The molecular formula is C24H16FN3. The molecule has 0 saturated heterocycles. The average molecular weight is 365 g/mol. The number of aromatic nitrogens is 3. The van der Waals surface area contributed by atoms with Crippen LogP contribution in [0.1, 0.15) is 0 Å². The minimum atomic E-state index is -0.244. The van der Waals surface area contributed by atoms with Crippen molar-refractivity contribution in [1.29, 1.82) is 0 Å². The van der Waals surface area contributed by atoms with Crippen molar-refractivity contribution in [1.82, 2.24) is 14.4 Å². The van der Waals surface area contributed by atoms with E-state index in [0.717, 1.165) is 39.3 Å². The van der Waals surface area contributed by atoms with Crippen LogP contribution in [0.4, 0.5) is 4.39 Å². The summed E-state index contributed by atoms with van der Waals surface area (Å²) in [5, 5.41) is 0. The molecule has 0 amide bonds. The molecule has 0 aliphatic rings. The van der Waals surface area contributed by atoms with Crippen molar-refractivity contribution >= 4 is 5.65 Å². The van der Waals surface area contributed by atoms with Gasteiger partial charge in [0.1, 0.15) is 11.5 Å². The molecule has 0 unspecified atom stereocenters. The van der Waals surface area contributed by atoms with Gasteiger partial charge in [-0.05, 0) is 47.5 Å². The second-order valence-electron chi connectivity index (χ2n) is 6.59. The van der Waals surface area contributed by atoms with Gasteiger partial charge in [0.25, 0.3) is 0 Å². The summed E-state index contributed by atoms with van der Waals surface area (Å²) in [4.78, 5) is 9.05. The predicted octanol–water partition coefficient (Wildman–Crippen LogP) is 5.87. The number of hydrogen-bond donors (Lipinski definition) is 0. The van der Waals surface area contributed by atoms with Crippen LogP contribution in [0.3, 0.4) is 0 Å². The number of nitrogens with zero attached hydrogens (tertiary/aromatic N) is 3. The summed E-state index contributed by atoms with van der Waals surface area (Å²) < 4.78 is 15.6. The Kier molecular flexibility index (Phi) is 3.95. The Morgan fingerprint density at radius 1 is 0.679 bits per heavy atom. The molecule has 0 fully saturated rings. The molecule has 4 heteroatoms. The first-order chi connectivity index (χ1) is 13.8. The smallest absolute Gasteiger partial charge is 0.137 e. The standard InChI is InChI=1S/C24H16FN3/c25-21-8-4-7-18(13-21)19-10-12-28-23(16-27-24(28)15-19)20-9-11-26-22(14-20)17-5-2-1-3-6-17/h1-16H. The number of hydrogen-bond acceptors (Lipinski definition) is 2. The molecule has 3 aromatic heterocycles. The summed E-state index contributed by atoms with van der Waals surface area (Å²) >= 11 is 0. The van der Waals surface area contributed by atoms with Gasteiger partial charge in [0.15, 0.2) is 0 Å². The van der Waals surface area contributed by atoms with Gasteiger partial charge in [-0.25, -0.2) is 9.37 Å². The van der Waals surface area contributed by atoms with E-state index in [1.165, 1.54) is 12.1 Å². The van der Waals surface area contributed by atoms with E-state index in [9.17, 15) is 4.39 Å². The summed E-state index contributed by atoms with van der Waals surface area (Å²) in [6, 6.07) is 24.7. The van der Waals surface area contributed by atoms with Crippen molar-refractivity contribution in [3.8, 4) is 33.6 Å². The highest BCUT2D eigenvalue weighted by molar-refractivity contribution is 5.73. The topological polar surface area (TPSA) is 30.2 Å². The fraction of sp³-hybridized carbons (Fsp3) is 0. The van der Waals surface area contributed by atoms with E-state index in [1.54, 1.807) is 6.07 Å². The predicted molar refractivity (Wildman–Crippen MR) is 109 cm³/mol. The summed E-state index contributed by atoms with van der Waals surface area (Å²) in [6.07, 6.45) is 5.65. The summed E-state index contributed by atoms with van der Waals surface area (Å²) in [5.74, 6) is -0.244. The number of rotatable bonds is 3. The maximum absolute atomic E-state index is 13.5. The second-order valence-corrected chi connectivity index (χ2v) is 6.59. The van der Waals surface area contributed by atoms with Crippen LogP contribution in [0.25, 0.3) is 39.3 Å². The molecule has 0 spiro atoms. The highest BCUT2D eigenvalue weighted by atomic mass is 19.1. The Morgan fingerprint density at radius 2 is 1.50 bits per heavy atom. The summed E-state index contributed by atoms with van der Waals surface area (Å²) in [5.41, 5.74) is 6.61. The second kappa shape index (κ2) is 6.74. The molecule has 3 nitrogen and oxygen atoms in total. The number of imidazole rings is 1. The number of fused-ring (bicyclic) bond motifs is 1.